The number of carbonyl (C=O) groups is 1. The zero-order valence-electron chi connectivity index (χ0n) is 24.1. The van der Waals surface area contributed by atoms with E-state index in [-0.39, 0.29) is 35.6 Å². The lowest BCUT2D eigenvalue weighted by molar-refractivity contribution is -0.0638. The Hall–Kier alpha value is -1.65. The summed E-state index contributed by atoms with van der Waals surface area (Å²) in [7, 11) is 0. The molecule has 0 spiro atoms. The van der Waals surface area contributed by atoms with Crippen LogP contribution >= 0.6 is 0 Å². The number of allylic oxidation sites excluding steroid dienone is 1. The van der Waals surface area contributed by atoms with Crippen molar-refractivity contribution in [1.29, 1.82) is 0 Å². The van der Waals surface area contributed by atoms with Gasteiger partial charge in [-0.3, -0.25) is 0 Å². The average molecular weight is 523 g/mol. The van der Waals surface area contributed by atoms with Gasteiger partial charge in [0.05, 0.1) is 11.7 Å². The van der Waals surface area contributed by atoms with Gasteiger partial charge in [0.15, 0.2) is 0 Å². The Morgan fingerprint density at radius 2 is 1.84 bits per heavy atom. The van der Waals surface area contributed by atoms with Crippen LogP contribution in [0.2, 0.25) is 0 Å². The second-order valence-electron chi connectivity index (χ2n) is 14.0. The van der Waals surface area contributed by atoms with Crippen LogP contribution in [0.15, 0.2) is 42.0 Å². The Morgan fingerprint density at radius 3 is 2.58 bits per heavy atom. The van der Waals surface area contributed by atoms with Crippen LogP contribution in [0.25, 0.3) is 0 Å². The second kappa shape index (κ2) is 11.1. The van der Waals surface area contributed by atoms with Crippen molar-refractivity contribution in [2.75, 3.05) is 6.61 Å². The summed E-state index contributed by atoms with van der Waals surface area (Å²) in [4.78, 5) is 12.7. The number of fused-ring (bicyclic) bond motifs is 5. The fraction of sp³-hybridized carbons (Fsp3) is 0.735. The second-order valence-corrected chi connectivity index (χ2v) is 14.0. The van der Waals surface area contributed by atoms with Gasteiger partial charge in [-0.05, 0) is 103 Å². The Bertz CT molecular complexity index is 1000. The van der Waals surface area contributed by atoms with Gasteiger partial charge in [-0.1, -0.05) is 70.4 Å². The summed E-state index contributed by atoms with van der Waals surface area (Å²) in [5.74, 6) is 2.96. The number of benzene rings is 1. The van der Waals surface area contributed by atoms with Gasteiger partial charge in [0.25, 0.3) is 0 Å². The molecule has 2 N–H and O–H groups in total. The molecule has 0 aliphatic heterocycles. The molecule has 10 atom stereocenters. The van der Waals surface area contributed by atoms with Crippen molar-refractivity contribution in [3.05, 3.63) is 47.5 Å². The summed E-state index contributed by atoms with van der Waals surface area (Å²) in [6.45, 7) is 9.76. The van der Waals surface area contributed by atoms with E-state index in [0.717, 1.165) is 51.4 Å². The fourth-order valence-electron chi connectivity index (χ4n) is 9.66. The standard InChI is InChI=1S/C34H50O4/c1-22(21-35)9-8-10-23(2)31-30(36)20-29-27-14-13-25-19-26(38-32(37)24-11-6-5-7-12-24)15-17-33(25,3)28(27)16-18-34(29,31)4/h5-7,11-13,22-23,26-31,35-36H,8-10,14-21H2,1-4H3/t22?,23-,26-,27-,28+,29+,30?,31+,33+,34+/m1/s1. The van der Waals surface area contributed by atoms with Crippen LogP contribution in [0.1, 0.15) is 102 Å². The quantitative estimate of drug-likeness (QED) is 0.280. The molecule has 4 heteroatoms. The number of ether oxygens (including phenoxy) is 1. The summed E-state index contributed by atoms with van der Waals surface area (Å²) in [6.07, 6.45) is 13.1. The van der Waals surface area contributed by atoms with Crippen molar-refractivity contribution >= 4 is 5.97 Å². The molecule has 0 amide bonds. The molecule has 38 heavy (non-hydrogen) atoms. The molecule has 0 radical (unpaired) electrons. The number of hydrogen-bond acceptors (Lipinski definition) is 4. The third-order valence-electron chi connectivity index (χ3n) is 11.7. The number of esters is 1. The highest BCUT2D eigenvalue weighted by molar-refractivity contribution is 5.89. The highest BCUT2D eigenvalue weighted by Gasteiger charge is 2.61. The molecule has 3 fully saturated rings. The summed E-state index contributed by atoms with van der Waals surface area (Å²) < 4.78 is 5.97. The highest BCUT2D eigenvalue weighted by atomic mass is 16.5. The van der Waals surface area contributed by atoms with E-state index < -0.39 is 0 Å². The van der Waals surface area contributed by atoms with Gasteiger partial charge in [0.2, 0.25) is 0 Å². The fourth-order valence-corrected chi connectivity index (χ4v) is 9.66. The monoisotopic (exact) mass is 522 g/mol. The summed E-state index contributed by atoms with van der Waals surface area (Å²) in [5.41, 5.74) is 2.55. The number of carbonyl (C=O) groups excluding carboxylic acids is 1. The maximum absolute atomic E-state index is 12.7. The lowest BCUT2D eigenvalue weighted by Gasteiger charge is -2.58. The summed E-state index contributed by atoms with van der Waals surface area (Å²) >= 11 is 0. The van der Waals surface area contributed by atoms with E-state index in [1.165, 1.54) is 18.4 Å². The van der Waals surface area contributed by atoms with Gasteiger partial charge < -0.3 is 14.9 Å². The Labute approximate surface area is 230 Å². The Balaban J connectivity index is 1.26. The van der Waals surface area contributed by atoms with E-state index in [2.05, 4.69) is 33.8 Å². The number of aliphatic hydroxyl groups is 2. The van der Waals surface area contributed by atoms with Gasteiger partial charge >= 0.3 is 5.97 Å². The molecule has 0 heterocycles. The molecule has 3 saturated carbocycles. The first-order valence-electron chi connectivity index (χ1n) is 15.4. The van der Waals surface area contributed by atoms with Gasteiger partial charge in [-0.15, -0.1) is 0 Å². The molecule has 210 valence electrons. The normalized spacial score (nSPS) is 39.8. The van der Waals surface area contributed by atoms with E-state index in [9.17, 15) is 15.0 Å². The van der Waals surface area contributed by atoms with Crippen LogP contribution in [0.4, 0.5) is 0 Å². The molecule has 0 bridgehead atoms. The van der Waals surface area contributed by atoms with Crippen molar-refractivity contribution in [2.24, 2.45) is 46.3 Å². The topological polar surface area (TPSA) is 66.8 Å². The molecule has 4 aliphatic rings. The molecule has 0 saturated heterocycles. The largest absolute Gasteiger partial charge is 0.458 e. The molecular formula is C34H50O4. The minimum Gasteiger partial charge on any atom is -0.458 e. The zero-order valence-corrected chi connectivity index (χ0v) is 24.1. The van der Waals surface area contributed by atoms with E-state index in [0.29, 0.717) is 41.1 Å². The van der Waals surface area contributed by atoms with Gasteiger partial charge in [0, 0.05) is 13.0 Å². The van der Waals surface area contributed by atoms with Crippen LogP contribution in [0.3, 0.4) is 0 Å². The molecule has 2 unspecified atom stereocenters. The van der Waals surface area contributed by atoms with Crippen molar-refractivity contribution < 1.29 is 19.7 Å². The summed E-state index contributed by atoms with van der Waals surface area (Å²) in [6, 6.07) is 9.36. The third kappa shape index (κ3) is 5.01. The maximum atomic E-state index is 12.7. The van der Waals surface area contributed by atoms with Crippen LogP contribution in [-0.4, -0.2) is 35.0 Å². The summed E-state index contributed by atoms with van der Waals surface area (Å²) in [5, 5.41) is 20.8. The molecule has 1 aromatic rings. The van der Waals surface area contributed by atoms with Crippen molar-refractivity contribution in [3.63, 3.8) is 0 Å². The van der Waals surface area contributed by atoms with Crippen LogP contribution in [0, 0.1) is 46.3 Å². The lowest BCUT2D eigenvalue weighted by Crippen LogP contribution is -2.51. The van der Waals surface area contributed by atoms with Crippen LogP contribution in [-0.2, 0) is 4.74 Å². The van der Waals surface area contributed by atoms with Crippen LogP contribution < -0.4 is 0 Å². The number of aliphatic hydroxyl groups excluding tert-OH is 2. The van der Waals surface area contributed by atoms with Crippen molar-refractivity contribution in [3.8, 4) is 0 Å². The van der Waals surface area contributed by atoms with Crippen molar-refractivity contribution in [2.45, 2.75) is 104 Å². The first kappa shape index (κ1) is 27.9. The molecule has 4 aliphatic carbocycles. The molecule has 0 aromatic heterocycles. The van der Waals surface area contributed by atoms with E-state index in [1.807, 2.05) is 30.3 Å². The number of hydrogen-bond donors (Lipinski definition) is 2. The zero-order chi connectivity index (χ0) is 27.1. The SMILES string of the molecule is CC(CO)CCC[C@@H](C)[C@H]1C(O)C[C@H]2[C@@H]3CC=C4C[C@H](OC(=O)c5ccccc5)CC[C@]4(C)[C@H]3CC[C@]12C. The van der Waals surface area contributed by atoms with Crippen LogP contribution in [0.5, 0.6) is 0 Å². The van der Waals surface area contributed by atoms with E-state index in [1.54, 1.807) is 0 Å². The predicted molar refractivity (Wildman–Crippen MR) is 151 cm³/mol. The molecular weight excluding hydrogens is 472 g/mol. The smallest absolute Gasteiger partial charge is 0.338 e. The molecule has 5 rings (SSSR count). The molecule has 4 nitrogen and oxygen atoms in total. The molecule has 1 aromatic carbocycles. The van der Waals surface area contributed by atoms with E-state index >= 15 is 0 Å². The highest BCUT2D eigenvalue weighted by Crippen LogP contribution is 2.67. The Morgan fingerprint density at radius 1 is 1.08 bits per heavy atom. The first-order chi connectivity index (χ1) is 18.2. The lowest BCUT2D eigenvalue weighted by atomic mass is 9.47. The number of rotatable bonds is 8. The minimum atomic E-state index is -0.201. The van der Waals surface area contributed by atoms with Gasteiger partial charge in [-0.25, -0.2) is 4.79 Å². The van der Waals surface area contributed by atoms with Gasteiger partial charge in [0.1, 0.15) is 6.10 Å². The maximum Gasteiger partial charge on any atom is 0.338 e. The van der Waals surface area contributed by atoms with Crippen molar-refractivity contribution in [1.82, 2.24) is 0 Å². The minimum absolute atomic E-state index is 0.0282. The Kier molecular flexibility index (Phi) is 8.14. The average Bonchev–Trinajstić information content (AvgIpc) is 3.19. The third-order valence-corrected chi connectivity index (χ3v) is 11.7. The van der Waals surface area contributed by atoms with E-state index in [4.69, 9.17) is 4.74 Å². The predicted octanol–water partition coefficient (Wildman–Crippen LogP) is 7.20. The first-order valence-corrected chi connectivity index (χ1v) is 15.4. The van der Waals surface area contributed by atoms with Gasteiger partial charge in [-0.2, -0.15) is 0 Å².